The third kappa shape index (κ3) is 4.97. The van der Waals surface area contributed by atoms with Crippen molar-refractivity contribution in [3.63, 3.8) is 0 Å². The molecule has 3 heterocycles. The fourth-order valence-electron chi connectivity index (χ4n) is 9.45. The molecule has 1 aromatic rings. The van der Waals surface area contributed by atoms with E-state index in [2.05, 4.69) is 31.7 Å². The predicted octanol–water partition coefficient (Wildman–Crippen LogP) is 4.15. The highest BCUT2D eigenvalue weighted by molar-refractivity contribution is 5.17. The van der Waals surface area contributed by atoms with Crippen molar-refractivity contribution in [1.82, 2.24) is 9.47 Å². The van der Waals surface area contributed by atoms with E-state index in [9.17, 15) is 20.1 Å². The molecule has 0 spiro atoms. The summed E-state index contributed by atoms with van der Waals surface area (Å²) in [7, 11) is 0. The second-order valence-electron chi connectivity index (χ2n) is 14.7. The molecule has 2 aliphatic heterocycles. The molecule has 3 fully saturated rings. The monoisotopic (exact) mass is 514 g/mol. The highest BCUT2D eigenvalue weighted by Crippen LogP contribution is 2.63. The molecule has 0 radical (unpaired) electrons. The number of hydrogen-bond acceptors (Lipinski definition) is 5. The Morgan fingerprint density at radius 2 is 1.86 bits per heavy atom. The maximum atomic E-state index is 12.3. The lowest BCUT2D eigenvalue weighted by Gasteiger charge is -2.61. The van der Waals surface area contributed by atoms with Crippen molar-refractivity contribution < 1.29 is 15.3 Å². The van der Waals surface area contributed by atoms with Crippen molar-refractivity contribution in [2.24, 2.45) is 28.6 Å². The molecule has 8 atom stereocenters. The zero-order valence-corrected chi connectivity index (χ0v) is 23.7. The Hall–Kier alpha value is -1.21. The summed E-state index contributed by atoms with van der Waals surface area (Å²) in [5.41, 5.74) is -0.437. The third-order valence-corrected chi connectivity index (χ3v) is 11.4. The Labute approximate surface area is 223 Å². The Bertz CT molecular complexity index is 1050. The highest BCUT2D eigenvalue weighted by atomic mass is 16.3. The molecule has 2 saturated carbocycles. The van der Waals surface area contributed by atoms with Crippen LogP contribution in [0.1, 0.15) is 97.6 Å². The Morgan fingerprint density at radius 3 is 2.62 bits per heavy atom. The second kappa shape index (κ2) is 9.46. The molecule has 0 aromatic carbocycles. The molecule has 2 aliphatic carbocycles. The Balaban J connectivity index is 1.25. The van der Waals surface area contributed by atoms with Crippen LogP contribution in [0.4, 0.5) is 0 Å². The lowest BCUT2D eigenvalue weighted by molar-refractivity contribution is -0.176. The SMILES string of the molecule is CC1(C)CCC[C@@]2(C)[C@@H]1CC[C@@](C)(O)[C@@H]2CC[C@@](C)(O)[C@H](O)CN1C[C@H]2C[C@@H](C1)c1cccc(=O)n1C2. The zero-order valence-electron chi connectivity index (χ0n) is 23.7. The lowest BCUT2D eigenvalue weighted by atomic mass is 9.45. The summed E-state index contributed by atoms with van der Waals surface area (Å²) in [6.07, 6.45) is 6.88. The molecule has 0 unspecified atom stereocenters. The summed E-state index contributed by atoms with van der Waals surface area (Å²) in [6, 6.07) is 5.56. The molecule has 6 nitrogen and oxygen atoms in total. The van der Waals surface area contributed by atoms with Crippen LogP contribution in [0, 0.1) is 28.6 Å². The number of aliphatic hydroxyl groups excluding tert-OH is 1. The van der Waals surface area contributed by atoms with Gasteiger partial charge in [0.1, 0.15) is 0 Å². The molecule has 208 valence electrons. The van der Waals surface area contributed by atoms with Gasteiger partial charge >= 0.3 is 0 Å². The molecule has 1 saturated heterocycles. The number of piperidine rings is 1. The maximum Gasteiger partial charge on any atom is 0.250 e. The summed E-state index contributed by atoms with van der Waals surface area (Å²) in [6.45, 7) is 13.8. The quantitative estimate of drug-likeness (QED) is 0.531. The summed E-state index contributed by atoms with van der Waals surface area (Å²) in [4.78, 5) is 14.6. The Kier molecular flexibility index (Phi) is 7.00. The van der Waals surface area contributed by atoms with Gasteiger partial charge in [-0.2, -0.15) is 0 Å². The van der Waals surface area contributed by atoms with Crippen LogP contribution in [0.2, 0.25) is 0 Å². The van der Waals surface area contributed by atoms with Crippen molar-refractivity contribution in [3.05, 3.63) is 34.2 Å². The van der Waals surface area contributed by atoms with Gasteiger partial charge in [-0.3, -0.25) is 9.69 Å². The first-order chi connectivity index (χ1) is 17.2. The van der Waals surface area contributed by atoms with Gasteiger partial charge in [0.2, 0.25) is 0 Å². The molecule has 3 N–H and O–H groups in total. The smallest absolute Gasteiger partial charge is 0.250 e. The van der Waals surface area contributed by atoms with E-state index in [4.69, 9.17) is 0 Å². The number of aliphatic hydroxyl groups is 3. The van der Waals surface area contributed by atoms with E-state index >= 15 is 0 Å². The molecule has 6 heteroatoms. The molecule has 5 rings (SSSR count). The van der Waals surface area contributed by atoms with Crippen LogP contribution in [-0.2, 0) is 6.54 Å². The van der Waals surface area contributed by atoms with Gasteiger partial charge in [0.15, 0.2) is 0 Å². The third-order valence-electron chi connectivity index (χ3n) is 11.4. The Morgan fingerprint density at radius 1 is 1.11 bits per heavy atom. The fraction of sp³-hybridized carbons (Fsp3) is 0.839. The highest BCUT2D eigenvalue weighted by Gasteiger charge is 2.58. The average Bonchev–Trinajstić information content (AvgIpc) is 2.78. The van der Waals surface area contributed by atoms with Gasteiger partial charge < -0.3 is 19.9 Å². The average molecular weight is 515 g/mol. The van der Waals surface area contributed by atoms with Gasteiger partial charge in [0.25, 0.3) is 5.56 Å². The van der Waals surface area contributed by atoms with E-state index < -0.39 is 17.3 Å². The lowest BCUT2D eigenvalue weighted by Crippen LogP contribution is -2.58. The normalized spacial score (nSPS) is 39.8. The first-order valence-electron chi connectivity index (χ1n) is 14.8. The molecule has 2 bridgehead atoms. The zero-order chi connectivity index (χ0) is 26.8. The number of likely N-dealkylation sites (tertiary alicyclic amines) is 1. The molecular weight excluding hydrogens is 464 g/mol. The predicted molar refractivity (Wildman–Crippen MR) is 146 cm³/mol. The van der Waals surface area contributed by atoms with Crippen molar-refractivity contribution in [1.29, 1.82) is 0 Å². The number of pyridine rings is 1. The van der Waals surface area contributed by atoms with Gasteiger partial charge in [0, 0.05) is 43.9 Å². The van der Waals surface area contributed by atoms with E-state index in [1.165, 1.54) is 12.8 Å². The number of rotatable bonds is 6. The molecule has 37 heavy (non-hydrogen) atoms. The fourth-order valence-corrected chi connectivity index (χ4v) is 9.45. The standard InChI is InChI=1S/C31H50N2O4/c1-28(2)12-7-13-29(3)24(28)10-14-30(4,36)25(29)11-15-31(5,37)26(34)20-32-17-21-16-22(19-32)23-8-6-9-27(35)33(23)18-21/h6,8-9,21-22,24-26,34,36-37H,7,10-20H2,1-5H3/t21-,22+,24-,25-,26-,29+,30-,31-/m1/s1. The van der Waals surface area contributed by atoms with Crippen LogP contribution in [-0.4, -0.2) is 61.7 Å². The number of nitrogens with zero attached hydrogens (tertiary/aromatic N) is 2. The minimum absolute atomic E-state index is 0.0559. The first kappa shape index (κ1) is 27.4. The summed E-state index contributed by atoms with van der Waals surface area (Å²) >= 11 is 0. The van der Waals surface area contributed by atoms with Gasteiger partial charge in [0.05, 0.1) is 17.3 Å². The van der Waals surface area contributed by atoms with Gasteiger partial charge in [-0.15, -0.1) is 0 Å². The minimum atomic E-state index is -1.22. The molecule has 1 aromatic heterocycles. The van der Waals surface area contributed by atoms with Gasteiger partial charge in [-0.1, -0.05) is 33.3 Å². The van der Waals surface area contributed by atoms with Crippen LogP contribution >= 0.6 is 0 Å². The minimum Gasteiger partial charge on any atom is -0.390 e. The molecular formula is C31H50N2O4. The van der Waals surface area contributed by atoms with Gasteiger partial charge in [-0.25, -0.2) is 0 Å². The van der Waals surface area contributed by atoms with Crippen LogP contribution in [0.15, 0.2) is 23.0 Å². The van der Waals surface area contributed by atoms with Crippen LogP contribution in [0.3, 0.4) is 0 Å². The summed E-state index contributed by atoms with van der Waals surface area (Å²) in [5, 5.41) is 34.3. The number of aromatic nitrogens is 1. The number of β-amino-alcohol motifs (C(OH)–C–C–N with tert-alkyl or cyclic N) is 1. The number of fused-ring (bicyclic) bond motifs is 5. The van der Waals surface area contributed by atoms with E-state index in [0.717, 1.165) is 57.4 Å². The topological polar surface area (TPSA) is 85.9 Å². The van der Waals surface area contributed by atoms with Crippen LogP contribution in [0.25, 0.3) is 0 Å². The van der Waals surface area contributed by atoms with E-state index in [-0.39, 0.29) is 22.3 Å². The van der Waals surface area contributed by atoms with Crippen molar-refractivity contribution >= 4 is 0 Å². The molecule has 0 amide bonds. The van der Waals surface area contributed by atoms with E-state index in [1.54, 1.807) is 13.0 Å². The molecule has 4 aliphatic rings. The summed E-state index contributed by atoms with van der Waals surface area (Å²) < 4.78 is 1.93. The van der Waals surface area contributed by atoms with Gasteiger partial charge in [-0.05, 0) is 93.4 Å². The van der Waals surface area contributed by atoms with Crippen LogP contribution in [0.5, 0.6) is 0 Å². The summed E-state index contributed by atoms with van der Waals surface area (Å²) in [5.74, 6) is 1.38. The van der Waals surface area contributed by atoms with E-state index in [1.807, 2.05) is 17.6 Å². The number of hydrogen-bond donors (Lipinski definition) is 3. The van der Waals surface area contributed by atoms with Crippen molar-refractivity contribution in [3.8, 4) is 0 Å². The second-order valence-corrected chi connectivity index (χ2v) is 14.7. The first-order valence-corrected chi connectivity index (χ1v) is 14.8. The van der Waals surface area contributed by atoms with Crippen LogP contribution < -0.4 is 5.56 Å². The largest absolute Gasteiger partial charge is 0.390 e. The van der Waals surface area contributed by atoms with E-state index in [0.29, 0.717) is 30.7 Å². The van der Waals surface area contributed by atoms with Crippen molar-refractivity contribution in [2.45, 2.75) is 116 Å². The maximum absolute atomic E-state index is 12.3. The van der Waals surface area contributed by atoms with Crippen molar-refractivity contribution in [2.75, 3.05) is 19.6 Å².